The van der Waals surface area contributed by atoms with E-state index in [1.807, 2.05) is 0 Å². The third-order valence-corrected chi connectivity index (χ3v) is 3.94. The van der Waals surface area contributed by atoms with Crippen LogP contribution in [-0.4, -0.2) is 29.1 Å². The molecule has 1 N–H and O–H groups in total. The van der Waals surface area contributed by atoms with Crippen molar-refractivity contribution in [3.8, 4) is 0 Å². The lowest BCUT2D eigenvalue weighted by atomic mass is 10.1. The third-order valence-electron chi connectivity index (χ3n) is 1.89. The molecule has 1 unspecified atom stereocenters. The molecule has 0 bridgehead atoms. The van der Waals surface area contributed by atoms with Crippen molar-refractivity contribution in [1.29, 1.82) is 0 Å². The second-order valence-electron chi connectivity index (χ2n) is 2.85. The minimum absolute atomic E-state index is 0.403. The lowest BCUT2D eigenvalue weighted by Gasteiger charge is -2.20. The highest BCUT2D eigenvalue weighted by molar-refractivity contribution is 8.03. The number of rotatable bonds is 1. The van der Waals surface area contributed by atoms with Gasteiger partial charge in [-0.2, -0.15) is 8.42 Å². The summed E-state index contributed by atoms with van der Waals surface area (Å²) in [4.78, 5) is 7.69. The van der Waals surface area contributed by atoms with Crippen molar-refractivity contribution in [2.45, 2.75) is 4.08 Å². The number of allylic oxidation sites excluding steroid dienone is 1. The van der Waals surface area contributed by atoms with Crippen LogP contribution in [0.4, 0.5) is 0 Å². The van der Waals surface area contributed by atoms with Gasteiger partial charge < -0.3 is 0 Å². The van der Waals surface area contributed by atoms with E-state index < -0.39 is 14.2 Å². The normalized spacial score (nSPS) is 29.9. The Kier molecular flexibility index (Phi) is 1.91. The zero-order chi connectivity index (χ0) is 10.4. The first-order valence-corrected chi connectivity index (χ1v) is 5.53. The quantitative estimate of drug-likeness (QED) is 0.506. The first kappa shape index (κ1) is 9.63. The highest BCUT2D eigenvalue weighted by Gasteiger charge is 2.38. The second kappa shape index (κ2) is 2.78. The molecule has 1 heterocycles. The van der Waals surface area contributed by atoms with E-state index in [1.165, 1.54) is 24.6 Å². The topological polar surface area (TPSA) is 79.1 Å². The van der Waals surface area contributed by atoms with Crippen LogP contribution in [0.1, 0.15) is 0 Å². The minimum Gasteiger partial charge on any atom is -0.284 e. The Morgan fingerprint density at radius 1 is 1.50 bits per heavy atom. The van der Waals surface area contributed by atoms with Crippen LogP contribution in [-0.2, 0) is 10.1 Å². The molecule has 0 saturated carbocycles. The van der Waals surface area contributed by atoms with E-state index in [9.17, 15) is 8.42 Å². The Labute approximate surface area is 86.1 Å². The molecule has 0 aromatic carbocycles. The van der Waals surface area contributed by atoms with Crippen LogP contribution in [0.25, 0.3) is 0 Å². The highest BCUT2D eigenvalue weighted by atomic mass is 32.3. The Balaban J connectivity index is 2.54. The number of hydrogen-bond donors (Lipinski definition) is 2. The van der Waals surface area contributed by atoms with Crippen molar-refractivity contribution in [3.63, 3.8) is 0 Å². The zero-order valence-corrected chi connectivity index (χ0v) is 8.53. The molecular formula is C7H6N2O3S2. The molecule has 2 rings (SSSR count). The smallest absolute Gasteiger partial charge is 0.284 e. The van der Waals surface area contributed by atoms with Gasteiger partial charge in [-0.1, -0.05) is 0 Å². The summed E-state index contributed by atoms with van der Waals surface area (Å²) in [6.45, 7) is 0. The Morgan fingerprint density at radius 2 is 2.21 bits per heavy atom. The van der Waals surface area contributed by atoms with Crippen molar-refractivity contribution in [2.24, 2.45) is 9.98 Å². The van der Waals surface area contributed by atoms with Crippen molar-refractivity contribution >= 4 is 34.8 Å². The summed E-state index contributed by atoms with van der Waals surface area (Å²) >= 11 is 3.88. The molecule has 0 fully saturated rings. The molecular weight excluding hydrogens is 224 g/mol. The Hall–Kier alpha value is -0.920. The summed E-state index contributed by atoms with van der Waals surface area (Å²) in [5.41, 5.74) is 0.971. The zero-order valence-electron chi connectivity index (χ0n) is 6.82. The van der Waals surface area contributed by atoms with Crippen LogP contribution >= 0.6 is 12.6 Å². The standard InChI is InChI=1S/C7H6N2O3S2/c10-14(11,12)7(13)2-1-5-6(3-7)9-4-8-5/h1-4,13H,(H,10,11,12). The maximum Gasteiger partial charge on any atom is 0.287 e. The average molecular weight is 230 g/mol. The van der Waals surface area contributed by atoms with Crippen molar-refractivity contribution in [2.75, 3.05) is 0 Å². The number of hydrogen-bond acceptors (Lipinski definition) is 5. The summed E-state index contributed by atoms with van der Waals surface area (Å²) in [6.07, 6.45) is 5.27. The number of nitrogens with zero attached hydrogens (tertiary/aromatic N) is 2. The number of fused-ring (bicyclic) bond motifs is 1. The van der Waals surface area contributed by atoms with Crippen LogP contribution in [0.15, 0.2) is 33.9 Å². The van der Waals surface area contributed by atoms with Crippen LogP contribution in [0.2, 0.25) is 0 Å². The first-order chi connectivity index (χ1) is 6.42. The third kappa shape index (κ3) is 1.33. The maximum absolute atomic E-state index is 11.0. The van der Waals surface area contributed by atoms with Gasteiger partial charge in [-0.15, -0.1) is 12.6 Å². The lowest BCUT2D eigenvalue weighted by Crippen LogP contribution is -2.30. The number of aliphatic imine (C=N–C) groups is 2. The molecule has 5 nitrogen and oxygen atoms in total. The van der Waals surface area contributed by atoms with Gasteiger partial charge in [-0.3, -0.25) is 4.55 Å². The summed E-state index contributed by atoms with van der Waals surface area (Å²) < 4.78 is 29.2. The highest BCUT2D eigenvalue weighted by Crippen LogP contribution is 2.31. The molecule has 2 aliphatic rings. The summed E-state index contributed by atoms with van der Waals surface area (Å²) in [5.74, 6) is 0. The number of thiol groups is 1. The lowest BCUT2D eigenvalue weighted by molar-refractivity contribution is 0.477. The summed E-state index contributed by atoms with van der Waals surface area (Å²) in [7, 11) is -4.29. The first-order valence-electron chi connectivity index (χ1n) is 3.65. The van der Waals surface area contributed by atoms with E-state index in [-0.39, 0.29) is 0 Å². The van der Waals surface area contributed by atoms with E-state index in [1.54, 1.807) is 0 Å². The molecule has 0 amide bonds. The van der Waals surface area contributed by atoms with Gasteiger partial charge >= 0.3 is 0 Å². The Morgan fingerprint density at radius 3 is 2.86 bits per heavy atom. The predicted molar refractivity (Wildman–Crippen MR) is 56.4 cm³/mol. The molecule has 74 valence electrons. The fourth-order valence-corrected chi connectivity index (χ4v) is 1.83. The van der Waals surface area contributed by atoms with Crippen molar-refractivity contribution in [3.05, 3.63) is 23.9 Å². The van der Waals surface area contributed by atoms with Gasteiger partial charge in [0, 0.05) is 0 Å². The van der Waals surface area contributed by atoms with Crippen LogP contribution in [0, 0.1) is 0 Å². The van der Waals surface area contributed by atoms with E-state index >= 15 is 0 Å². The fourth-order valence-electron chi connectivity index (χ4n) is 1.13. The van der Waals surface area contributed by atoms with Crippen LogP contribution in [0.5, 0.6) is 0 Å². The molecule has 1 atom stereocenters. The largest absolute Gasteiger partial charge is 0.287 e. The molecule has 7 heteroatoms. The molecule has 14 heavy (non-hydrogen) atoms. The molecule has 1 aliphatic heterocycles. The van der Waals surface area contributed by atoms with E-state index in [2.05, 4.69) is 22.6 Å². The minimum atomic E-state index is -4.29. The van der Waals surface area contributed by atoms with E-state index in [0.717, 1.165) is 0 Å². The average Bonchev–Trinajstić information content (AvgIpc) is 2.48. The second-order valence-corrected chi connectivity index (χ2v) is 5.52. The van der Waals surface area contributed by atoms with Gasteiger partial charge in [0.2, 0.25) is 0 Å². The summed E-state index contributed by atoms with van der Waals surface area (Å²) in [5, 5.41) is 0. The monoisotopic (exact) mass is 230 g/mol. The maximum atomic E-state index is 11.0. The predicted octanol–water partition coefficient (Wildman–Crippen LogP) is 0.437. The molecule has 0 radical (unpaired) electrons. The van der Waals surface area contributed by atoms with E-state index in [4.69, 9.17) is 4.55 Å². The molecule has 0 spiro atoms. The van der Waals surface area contributed by atoms with Crippen LogP contribution in [0.3, 0.4) is 0 Å². The van der Waals surface area contributed by atoms with Gasteiger partial charge in [0.1, 0.15) is 6.34 Å². The molecule has 0 aromatic rings. The fraction of sp³-hybridized carbons (Fsp3) is 0.143. The van der Waals surface area contributed by atoms with Crippen molar-refractivity contribution in [1.82, 2.24) is 0 Å². The van der Waals surface area contributed by atoms with Gasteiger partial charge in [0.25, 0.3) is 10.1 Å². The van der Waals surface area contributed by atoms with Gasteiger partial charge in [0.05, 0.1) is 11.4 Å². The van der Waals surface area contributed by atoms with Crippen molar-refractivity contribution < 1.29 is 13.0 Å². The van der Waals surface area contributed by atoms with Gasteiger partial charge in [-0.05, 0) is 18.2 Å². The van der Waals surface area contributed by atoms with Crippen LogP contribution < -0.4 is 0 Å². The SMILES string of the molecule is O=S(=O)(O)C1(S)C=CC2=NC=NC2=C1. The molecule has 0 saturated heterocycles. The van der Waals surface area contributed by atoms with Gasteiger partial charge in [-0.25, -0.2) is 9.98 Å². The van der Waals surface area contributed by atoms with Gasteiger partial charge in [0.15, 0.2) is 4.08 Å². The Bertz CT molecular complexity index is 501. The molecule has 1 aliphatic carbocycles. The van der Waals surface area contributed by atoms with E-state index in [0.29, 0.717) is 11.4 Å². The molecule has 0 aromatic heterocycles. The summed E-state index contributed by atoms with van der Waals surface area (Å²) in [6, 6.07) is 0.